The molecule has 1 unspecified atom stereocenters. The molecule has 0 saturated heterocycles. The van der Waals surface area contributed by atoms with Gasteiger partial charge in [0.1, 0.15) is 11.8 Å². The van der Waals surface area contributed by atoms with Crippen LogP contribution in [0.3, 0.4) is 0 Å². The lowest BCUT2D eigenvalue weighted by Gasteiger charge is -2.27. The third kappa shape index (κ3) is 2.72. The fourth-order valence-corrected chi connectivity index (χ4v) is 3.66. The number of fused-ring (bicyclic) bond motifs is 1. The summed E-state index contributed by atoms with van der Waals surface area (Å²) in [6.07, 6.45) is 0. The highest BCUT2D eigenvalue weighted by Crippen LogP contribution is 2.36. The molecule has 0 fully saturated rings. The third-order valence-corrected chi connectivity index (χ3v) is 4.87. The van der Waals surface area contributed by atoms with Crippen LogP contribution in [0.5, 0.6) is 5.75 Å². The summed E-state index contributed by atoms with van der Waals surface area (Å²) >= 11 is 1.56. The van der Waals surface area contributed by atoms with E-state index in [-0.39, 0.29) is 5.91 Å². The van der Waals surface area contributed by atoms with Crippen LogP contribution in [0.4, 0.5) is 11.6 Å². The molecule has 2 aromatic heterocycles. The number of ether oxygens (including phenoxy) is 1. The number of methoxy groups -OCH3 is 1. The smallest absolute Gasteiger partial charge is 0.255 e. The van der Waals surface area contributed by atoms with E-state index in [1.54, 1.807) is 35.3 Å². The van der Waals surface area contributed by atoms with Crippen LogP contribution >= 0.6 is 11.3 Å². The molecule has 8 nitrogen and oxygen atoms in total. The summed E-state index contributed by atoms with van der Waals surface area (Å²) in [6.45, 7) is 1.84. The Morgan fingerprint density at radius 1 is 1.35 bits per heavy atom. The predicted molar refractivity (Wildman–Crippen MR) is 98.2 cm³/mol. The van der Waals surface area contributed by atoms with Crippen LogP contribution in [0.25, 0.3) is 0 Å². The van der Waals surface area contributed by atoms with Crippen molar-refractivity contribution in [2.75, 3.05) is 17.7 Å². The van der Waals surface area contributed by atoms with Gasteiger partial charge in [-0.2, -0.15) is 16.0 Å². The average Bonchev–Trinajstić information content (AvgIpc) is 3.32. The van der Waals surface area contributed by atoms with E-state index in [0.29, 0.717) is 28.7 Å². The molecule has 0 spiro atoms. The van der Waals surface area contributed by atoms with Gasteiger partial charge in [0.25, 0.3) is 5.91 Å². The van der Waals surface area contributed by atoms with Crippen molar-refractivity contribution in [1.29, 1.82) is 0 Å². The van der Waals surface area contributed by atoms with Gasteiger partial charge < -0.3 is 15.4 Å². The van der Waals surface area contributed by atoms with Crippen molar-refractivity contribution in [3.8, 4) is 5.75 Å². The molecule has 3 aromatic rings. The van der Waals surface area contributed by atoms with E-state index in [1.165, 1.54) is 0 Å². The van der Waals surface area contributed by atoms with Gasteiger partial charge in [-0.05, 0) is 51.9 Å². The first-order chi connectivity index (χ1) is 12.7. The summed E-state index contributed by atoms with van der Waals surface area (Å²) in [5.74, 6) is 0.863. The first-order valence-electron chi connectivity index (χ1n) is 7.91. The van der Waals surface area contributed by atoms with Gasteiger partial charge >= 0.3 is 0 Å². The minimum Gasteiger partial charge on any atom is -0.495 e. The molecule has 2 N–H and O–H groups in total. The maximum Gasteiger partial charge on any atom is 0.255 e. The fraction of sp³-hybridized carbons (Fsp3) is 0.176. The van der Waals surface area contributed by atoms with Crippen LogP contribution in [-0.2, 0) is 4.79 Å². The zero-order valence-electron chi connectivity index (χ0n) is 14.1. The lowest BCUT2D eigenvalue weighted by Crippen LogP contribution is -2.31. The maximum absolute atomic E-state index is 13.1. The Labute approximate surface area is 153 Å². The topological polar surface area (TPSA) is 94.0 Å². The first kappa shape index (κ1) is 16.3. The second kappa shape index (κ2) is 6.60. The molecule has 132 valence electrons. The number of tetrazole rings is 1. The minimum atomic E-state index is -0.401. The summed E-state index contributed by atoms with van der Waals surface area (Å²) < 4.78 is 6.94. The molecule has 1 amide bonds. The van der Waals surface area contributed by atoms with Crippen LogP contribution in [0, 0.1) is 0 Å². The molecule has 0 aliphatic carbocycles. The number of thiophene rings is 1. The molecule has 9 heteroatoms. The van der Waals surface area contributed by atoms with E-state index in [0.717, 1.165) is 5.56 Å². The molecule has 0 radical (unpaired) electrons. The number of nitrogens with zero attached hydrogens (tertiary/aromatic N) is 4. The molecule has 0 bridgehead atoms. The van der Waals surface area contributed by atoms with Gasteiger partial charge in [-0.3, -0.25) is 4.79 Å². The van der Waals surface area contributed by atoms with Crippen molar-refractivity contribution in [3.63, 3.8) is 0 Å². The SMILES string of the molecule is COc1ccccc1NC(=O)C1=C(C)Nc2nnnn2C1c1ccsc1. The fourth-order valence-electron chi connectivity index (χ4n) is 2.98. The summed E-state index contributed by atoms with van der Waals surface area (Å²) in [4.78, 5) is 13.1. The third-order valence-electron chi connectivity index (χ3n) is 4.17. The van der Waals surface area contributed by atoms with Gasteiger partial charge in [0, 0.05) is 5.70 Å². The molecule has 1 aliphatic rings. The van der Waals surface area contributed by atoms with Gasteiger partial charge in [0.05, 0.1) is 18.4 Å². The zero-order chi connectivity index (χ0) is 18.1. The normalized spacial score (nSPS) is 16.0. The lowest BCUT2D eigenvalue weighted by atomic mass is 9.97. The number of aromatic nitrogens is 4. The zero-order valence-corrected chi connectivity index (χ0v) is 14.9. The van der Waals surface area contributed by atoms with Crippen molar-refractivity contribution in [2.24, 2.45) is 0 Å². The summed E-state index contributed by atoms with van der Waals surface area (Å²) in [7, 11) is 1.57. The first-order valence-corrected chi connectivity index (χ1v) is 8.85. The Morgan fingerprint density at radius 3 is 2.96 bits per heavy atom. The van der Waals surface area contributed by atoms with Crippen LogP contribution in [-0.4, -0.2) is 33.2 Å². The molecule has 1 aromatic carbocycles. The Balaban J connectivity index is 1.74. The van der Waals surface area contributed by atoms with Crippen molar-refractivity contribution in [1.82, 2.24) is 20.2 Å². The number of allylic oxidation sites excluding steroid dienone is 1. The van der Waals surface area contributed by atoms with Crippen molar-refractivity contribution in [3.05, 3.63) is 57.9 Å². The van der Waals surface area contributed by atoms with Crippen molar-refractivity contribution in [2.45, 2.75) is 13.0 Å². The number of para-hydroxylation sites is 2. The average molecular weight is 368 g/mol. The molecule has 0 saturated carbocycles. The Hall–Kier alpha value is -3.20. The van der Waals surface area contributed by atoms with E-state index >= 15 is 0 Å². The number of hydrogen-bond acceptors (Lipinski definition) is 7. The molecular weight excluding hydrogens is 352 g/mol. The van der Waals surface area contributed by atoms with E-state index < -0.39 is 6.04 Å². The van der Waals surface area contributed by atoms with E-state index in [4.69, 9.17) is 4.74 Å². The largest absolute Gasteiger partial charge is 0.495 e. The van der Waals surface area contributed by atoms with Gasteiger partial charge in [0.15, 0.2) is 0 Å². The van der Waals surface area contributed by atoms with Crippen LogP contribution < -0.4 is 15.4 Å². The van der Waals surface area contributed by atoms with Crippen molar-refractivity contribution >= 4 is 28.9 Å². The molecule has 1 aliphatic heterocycles. The second-order valence-electron chi connectivity index (χ2n) is 5.72. The highest BCUT2D eigenvalue weighted by Gasteiger charge is 2.34. The minimum absolute atomic E-state index is 0.239. The highest BCUT2D eigenvalue weighted by atomic mass is 32.1. The van der Waals surface area contributed by atoms with Crippen LogP contribution in [0.1, 0.15) is 18.5 Å². The predicted octanol–water partition coefficient (Wildman–Crippen LogP) is 2.67. The van der Waals surface area contributed by atoms with Crippen molar-refractivity contribution < 1.29 is 9.53 Å². The van der Waals surface area contributed by atoms with E-state index in [9.17, 15) is 4.79 Å². The Morgan fingerprint density at radius 2 is 2.19 bits per heavy atom. The maximum atomic E-state index is 13.1. The van der Waals surface area contributed by atoms with Gasteiger partial charge in [-0.15, -0.1) is 0 Å². The highest BCUT2D eigenvalue weighted by molar-refractivity contribution is 7.08. The second-order valence-corrected chi connectivity index (χ2v) is 6.50. The molecule has 1 atom stereocenters. The summed E-state index contributed by atoms with van der Waals surface area (Å²) in [5.41, 5.74) is 2.81. The number of nitrogens with one attached hydrogen (secondary N) is 2. The number of hydrogen-bond donors (Lipinski definition) is 2. The molecule has 3 heterocycles. The molecule has 4 rings (SSSR count). The monoisotopic (exact) mass is 368 g/mol. The molecule has 26 heavy (non-hydrogen) atoms. The van der Waals surface area contributed by atoms with Gasteiger partial charge in [-0.25, -0.2) is 0 Å². The number of amides is 1. The number of benzene rings is 1. The van der Waals surface area contributed by atoms with Crippen LogP contribution in [0.15, 0.2) is 52.4 Å². The molecular formula is C17H16N6O2S. The number of anilines is 2. The number of rotatable bonds is 4. The van der Waals surface area contributed by atoms with Gasteiger partial charge in [0.2, 0.25) is 5.95 Å². The quantitative estimate of drug-likeness (QED) is 0.735. The summed E-state index contributed by atoms with van der Waals surface area (Å²) in [5, 5.41) is 21.8. The van der Waals surface area contributed by atoms with E-state index in [2.05, 4.69) is 26.2 Å². The van der Waals surface area contributed by atoms with Crippen LogP contribution in [0.2, 0.25) is 0 Å². The summed E-state index contributed by atoms with van der Waals surface area (Å²) in [6, 6.07) is 8.85. The number of carbonyl (C=O) groups is 1. The Kier molecular flexibility index (Phi) is 4.13. The number of carbonyl (C=O) groups excluding carboxylic acids is 1. The van der Waals surface area contributed by atoms with Gasteiger partial charge in [-0.1, -0.05) is 17.2 Å². The Bertz CT molecular complexity index is 979. The standard InChI is InChI=1S/C17H16N6O2S/c1-10-14(16(24)19-12-5-3-4-6-13(12)25-2)15(11-7-8-26-9-11)23-17(18-10)20-21-22-23/h3-9,15H,1-2H3,(H,19,24)(H,18,20,22). The lowest BCUT2D eigenvalue weighted by molar-refractivity contribution is -0.113. The van der Waals surface area contributed by atoms with E-state index in [1.807, 2.05) is 35.9 Å².